The van der Waals surface area contributed by atoms with Crippen LogP contribution >= 0.6 is 12.2 Å². The van der Waals surface area contributed by atoms with E-state index in [2.05, 4.69) is 5.16 Å². The van der Waals surface area contributed by atoms with Crippen molar-refractivity contribution in [2.45, 2.75) is 53.2 Å². The number of allylic oxidation sites excluding steroid dienone is 1. The van der Waals surface area contributed by atoms with Gasteiger partial charge in [0.25, 0.3) is 5.91 Å². The van der Waals surface area contributed by atoms with Crippen molar-refractivity contribution in [3.8, 4) is 0 Å². The SMILES string of the molecule is Cc1noc(C)c1CN(C(=O)OC(C)(C)C)N1C=CC(=S)CC1=O. The summed E-state index contributed by atoms with van der Waals surface area (Å²) in [6.45, 7) is 8.94. The quantitative estimate of drug-likeness (QED) is 0.779. The summed E-state index contributed by atoms with van der Waals surface area (Å²) in [6.07, 6.45) is 2.55. The van der Waals surface area contributed by atoms with Crippen LogP contribution < -0.4 is 0 Å². The highest BCUT2D eigenvalue weighted by atomic mass is 32.1. The molecule has 0 spiro atoms. The van der Waals surface area contributed by atoms with Crippen molar-refractivity contribution in [3.05, 3.63) is 29.3 Å². The number of hydrazine groups is 1. The molecule has 0 bridgehead atoms. The van der Waals surface area contributed by atoms with Crippen molar-refractivity contribution < 1.29 is 18.8 Å². The van der Waals surface area contributed by atoms with Crippen molar-refractivity contribution in [3.63, 3.8) is 0 Å². The van der Waals surface area contributed by atoms with E-state index in [4.69, 9.17) is 21.5 Å². The zero-order valence-corrected chi connectivity index (χ0v) is 15.3. The van der Waals surface area contributed by atoms with Crippen molar-refractivity contribution in [2.24, 2.45) is 0 Å². The molecule has 0 N–H and O–H groups in total. The van der Waals surface area contributed by atoms with Gasteiger partial charge < -0.3 is 9.26 Å². The standard InChI is InChI=1S/C16H21N3O4S/c1-10-13(11(2)23-17-10)9-19(15(21)22-16(3,4)5)18-7-6-12(24)8-14(18)20/h6-7H,8-9H2,1-5H3. The lowest BCUT2D eigenvalue weighted by Crippen LogP contribution is -2.49. The molecular weight excluding hydrogens is 330 g/mol. The number of carbonyl (C=O) groups is 2. The topological polar surface area (TPSA) is 75.9 Å². The molecule has 0 saturated heterocycles. The van der Waals surface area contributed by atoms with E-state index in [9.17, 15) is 9.59 Å². The van der Waals surface area contributed by atoms with Gasteiger partial charge >= 0.3 is 6.09 Å². The van der Waals surface area contributed by atoms with Gasteiger partial charge in [0.05, 0.1) is 18.7 Å². The van der Waals surface area contributed by atoms with Gasteiger partial charge in [0.2, 0.25) is 0 Å². The van der Waals surface area contributed by atoms with Gasteiger partial charge in [-0.2, -0.15) is 0 Å². The minimum Gasteiger partial charge on any atom is -0.442 e. The number of aryl methyl sites for hydroxylation is 2. The maximum atomic E-state index is 12.6. The van der Waals surface area contributed by atoms with E-state index in [1.54, 1.807) is 40.7 Å². The summed E-state index contributed by atoms with van der Waals surface area (Å²) in [4.78, 5) is 25.5. The van der Waals surface area contributed by atoms with Crippen molar-refractivity contribution in [1.82, 2.24) is 15.2 Å². The van der Waals surface area contributed by atoms with Crippen LogP contribution in [-0.4, -0.2) is 37.6 Å². The molecule has 2 amide bonds. The molecule has 1 aliphatic rings. The minimum atomic E-state index is -0.689. The highest BCUT2D eigenvalue weighted by Crippen LogP contribution is 2.21. The van der Waals surface area contributed by atoms with E-state index < -0.39 is 11.7 Å². The second kappa shape index (κ2) is 6.72. The number of hydrogen-bond donors (Lipinski definition) is 0. The van der Waals surface area contributed by atoms with Crippen molar-refractivity contribution in [2.75, 3.05) is 0 Å². The molecule has 0 aliphatic carbocycles. The molecule has 1 aliphatic heterocycles. The molecule has 0 radical (unpaired) electrons. The summed E-state index contributed by atoms with van der Waals surface area (Å²) >= 11 is 5.04. The molecule has 24 heavy (non-hydrogen) atoms. The summed E-state index contributed by atoms with van der Waals surface area (Å²) in [5, 5.41) is 6.35. The molecule has 0 aromatic carbocycles. The summed E-state index contributed by atoms with van der Waals surface area (Å²) < 4.78 is 10.6. The van der Waals surface area contributed by atoms with Crippen molar-refractivity contribution in [1.29, 1.82) is 0 Å². The van der Waals surface area contributed by atoms with Crippen LogP contribution in [0.2, 0.25) is 0 Å². The Labute approximate surface area is 146 Å². The molecule has 0 unspecified atom stereocenters. The maximum Gasteiger partial charge on any atom is 0.430 e. The van der Waals surface area contributed by atoms with E-state index >= 15 is 0 Å². The largest absolute Gasteiger partial charge is 0.442 e. The molecule has 2 heterocycles. The minimum absolute atomic E-state index is 0.0761. The van der Waals surface area contributed by atoms with Crippen LogP contribution in [0.4, 0.5) is 4.79 Å². The average Bonchev–Trinajstić information content (AvgIpc) is 2.75. The zero-order valence-electron chi connectivity index (χ0n) is 14.5. The van der Waals surface area contributed by atoms with Gasteiger partial charge in [-0.05, 0) is 40.7 Å². The molecule has 1 aromatic rings. The fourth-order valence-corrected chi connectivity index (χ4v) is 2.35. The smallest absolute Gasteiger partial charge is 0.430 e. The highest BCUT2D eigenvalue weighted by molar-refractivity contribution is 7.80. The first-order valence-corrected chi connectivity index (χ1v) is 7.94. The molecule has 8 heteroatoms. The first-order chi connectivity index (χ1) is 11.1. The van der Waals surface area contributed by atoms with E-state index in [0.29, 0.717) is 16.3 Å². The normalized spacial score (nSPS) is 15.0. The number of thiocarbonyl (C=S) groups is 1. The number of amides is 2. The van der Waals surface area contributed by atoms with Gasteiger partial charge in [-0.25, -0.2) is 14.8 Å². The van der Waals surface area contributed by atoms with E-state index in [1.807, 2.05) is 0 Å². The second-order valence-corrected chi connectivity index (χ2v) is 7.06. The Morgan fingerprint density at radius 2 is 2.12 bits per heavy atom. The van der Waals surface area contributed by atoms with Crippen LogP contribution in [-0.2, 0) is 16.1 Å². The Bertz CT molecular complexity index is 683. The lowest BCUT2D eigenvalue weighted by molar-refractivity contribution is -0.141. The number of aromatic nitrogens is 1. The third-order valence-electron chi connectivity index (χ3n) is 3.34. The van der Waals surface area contributed by atoms with E-state index in [0.717, 1.165) is 5.56 Å². The number of carbonyl (C=O) groups excluding carboxylic acids is 2. The second-order valence-electron chi connectivity index (χ2n) is 6.54. The highest BCUT2D eigenvalue weighted by Gasteiger charge is 2.32. The van der Waals surface area contributed by atoms with Crippen LogP contribution in [0.3, 0.4) is 0 Å². The first-order valence-electron chi connectivity index (χ1n) is 7.54. The van der Waals surface area contributed by atoms with E-state index in [1.165, 1.54) is 16.2 Å². The van der Waals surface area contributed by atoms with Gasteiger partial charge in [0.15, 0.2) is 0 Å². The Morgan fingerprint density at radius 1 is 1.46 bits per heavy atom. The first kappa shape index (κ1) is 18.1. The van der Waals surface area contributed by atoms with Crippen LogP contribution in [0.1, 0.15) is 44.2 Å². The Kier molecular flexibility index (Phi) is 5.08. The van der Waals surface area contributed by atoms with Crippen LogP contribution in [0.25, 0.3) is 0 Å². The molecule has 0 fully saturated rings. The summed E-state index contributed by atoms with van der Waals surface area (Å²) in [6, 6.07) is 0. The number of nitrogens with zero attached hydrogens (tertiary/aromatic N) is 3. The fourth-order valence-electron chi connectivity index (χ4n) is 2.16. The molecule has 0 atom stereocenters. The van der Waals surface area contributed by atoms with E-state index in [-0.39, 0.29) is 18.9 Å². The monoisotopic (exact) mass is 351 g/mol. The van der Waals surface area contributed by atoms with Gasteiger partial charge in [-0.3, -0.25) is 4.79 Å². The molecular formula is C16H21N3O4S. The third kappa shape index (κ3) is 4.19. The molecule has 130 valence electrons. The summed E-state index contributed by atoms with van der Waals surface area (Å²) in [5.74, 6) is 0.296. The van der Waals surface area contributed by atoms with Gasteiger partial charge in [0.1, 0.15) is 11.4 Å². The average molecular weight is 351 g/mol. The van der Waals surface area contributed by atoms with Crippen molar-refractivity contribution >= 4 is 29.1 Å². The maximum absolute atomic E-state index is 12.6. The van der Waals surface area contributed by atoms with Crippen LogP contribution in [0, 0.1) is 13.8 Å². The van der Waals surface area contributed by atoms with Crippen LogP contribution in [0.15, 0.2) is 16.8 Å². The predicted molar refractivity (Wildman–Crippen MR) is 91.0 cm³/mol. The molecule has 7 nitrogen and oxygen atoms in total. The molecule has 2 rings (SSSR count). The third-order valence-corrected chi connectivity index (χ3v) is 3.62. The zero-order chi connectivity index (χ0) is 18.1. The number of ether oxygens (including phenoxy) is 1. The number of rotatable bonds is 3. The number of hydrogen-bond acceptors (Lipinski definition) is 6. The molecule has 0 saturated carbocycles. The van der Waals surface area contributed by atoms with Gasteiger partial charge in [0, 0.05) is 16.6 Å². The summed E-state index contributed by atoms with van der Waals surface area (Å²) in [5.41, 5.74) is 0.701. The lowest BCUT2D eigenvalue weighted by Gasteiger charge is -2.35. The Hall–Kier alpha value is -2.22. The predicted octanol–water partition coefficient (Wildman–Crippen LogP) is 3.06. The Morgan fingerprint density at radius 3 is 2.62 bits per heavy atom. The van der Waals surface area contributed by atoms with Crippen LogP contribution in [0.5, 0.6) is 0 Å². The fraction of sp³-hybridized carbons (Fsp3) is 0.500. The van der Waals surface area contributed by atoms with Gasteiger partial charge in [-0.15, -0.1) is 0 Å². The lowest BCUT2D eigenvalue weighted by atomic mass is 10.2. The van der Waals surface area contributed by atoms with Gasteiger partial charge in [-0.1, -0.05) is 17.4 Å². The summed E-state index contributed by atoms with van der Waals surface area (Å²) in [7, 11) is 0. The Balaban J connectivity index is 2.34. The molecule has 1 aromatic heterocycles.